The molecule has 0 spiro atoms. The first-order chi connectivity index (χ1) is 16.5. The highest BCUT2D eigenvalue weighted by Gasteiger charge is 2.22. The number of hydrogen-bond donors (Lipinski definition) is 0. The Hall–Kier alpha value is -3.57. The first-order valence-electron chi connectivity index (χ1n) is 10.4. The maximum atomic E-state index is 13.6. The monoisotopic (exact) mass is 520 g/mol. The number of nitro benzene ring substituents is 1. The van der Waals surface area contributed by atoms with Gasteiger partial charge in [-0.3, -0.25) is 10.1 Å². The van der Waals surface area contributed by atoms with Crippen molar-refractivity contribution in [1.82, 2.24) is 0 Å². The van der Waals surface area contributed by atoms with Gasteiger partial charge in [-0.2, -0.15) is 13.5 Å². The SMILES string of the molecule is CCN(c1ccc(N=Nc2ccc([N+](=O)[O-])cc2Cl)c(C)c1)C(C)Oc1ccccc1S(=O)(=O)F. The van der Waals surface area contributed by atoms with E-state index < -0.39 is 26.3 Å². The Bertz CT molecular complexity index is 1380. The molecule has 0 radical (unpaired) electrons. The van der Waals surface area contributed by atoms with Crippen molar-refractivity contribution in [1.29, 1.82) is 0 Å². The fourth-order valence-corrected chi connectivity index (χ4v) is 4.18. The van der Waals surface area contributed by atoms with Crippen LogP contribution in [0.2, 0.25) is 5.02 Å². The predicted octanol–water partition coefficient (Wildman–Crippen LogP) is 6.88. The second-order valence-electron chi connectivity index (χ2n) is 7.45. The van der Waals surface area contributed by atoms with Crippen LogP contribution >= 0.6 is 11.6 Å². The molecule has 12 heteroatoms. The zero-order valence-electron chi connectivity index (χ0n) is 19.1. The molecule has 0 aliphatic carbocycles. The smallest absolute Gasteiger partial charge is 0.335 e. The van der Waals surface area contributed by atoms with E-state index in [4.69, 9.17) is 16.3 Å². The average Bonchev–Trinajstić information content (AvgIpc) is 2.79. The number of anilines is 1. The van der Waals surface area contributed by atoms with Crippen LogP contribution in [-0.4, -0.2) is 26.1 Å². The number of rotatable bonds is 9. The molecule has 3 rings (SSSR count). The van der Waals surface area contributed by atoms with Gasteiger partial charge in [-0.05, 0) is 62.7 Å². The summed E-state index contributed by atoms with van der Waals surface area (Å²) in [6, 6.07) is 14.8. The van der Waals surface area contributed by atoms with Crippen molar-refractivity contribution >= 4 is 44.6 Å². The lowest BCUT2D eigenvalue weighted by molar-refractivity contribution is -0.384. The fraction of sp³-hybridized carbons (Fsp3) is 0.217. The van der Waals surface area contributed by atoms with Gasteiger partial charge in [0.05, 0.1) is 15.6 Å². The molecule has 0 aromatic heterocycles. The third kappa shape index (κ3) is 6.31. The van der Waals surface area contributed by atoms with Gasteiger partial charge in [-0.15, -0.1) is 9.00 Å². The molecule has 184 valence electrons. The van der Waals surface area contributed by atoms with Crippen LogP contribution in [0.25, 0.3) is 0 Å². The molecule has 0 amide bonds. The summed E-state index contributed by atoms with van der Waals surface area (Å²) in [6.45, 7) is 5.98. The molecule has 0 saturated heterocycles. The number of ether oxygens (including phenoxy) is 1. The highest BCUT2D eigenvalue weighted by atomic mass is 35.5. The summed E-state index contributed by atoms with van der Waals surface area (Å²) in [4.78, 5) is 11.6. The van der Waals surface area contributed by atoms with E-state index in [1.165, 1.54) is 30.3 Å². The Morgan fingerprint density at radius 1 is 1.11 bits per heavy atom. The highest BCUT2D eigenvalue weighted by molar-refractivity contribution is 7.86. The molecule has 3 aromatic carbocycles. The summed E-state index contributed by atoms with van der Waals surface area (Å²) in [5, 5.41) is 19.3. The minimum absolute atomic E-state index is 0.0805. The zero-order chi connectivity index (χ0) is 25.8. The second-order valence-corrected chi connectivity index (χ2v) is 9.17. The fourth-order valence-electron chi connectivity index (χ4n) is 3.37. The van der Waals surface area contributed by atoms with Crippen LogP contribution in [0, 0.1) is 17.0 Å². The number of nitrogens with zero attached hydrogens (tertiary/aromatic N) is 4. The van der Waals surface area contributed by atoms with E-state index >= 15 is 0 Å². The quantitative estimate of drug-likeness (QED) is 0.0998. The number of benzene rings is 3. The van der Waals surface area contributed by atoms with Gasteiger partial charge in [0.15, 0.2) is 6.23 Å². The Balaban J connectivity index is 1.81. The van der Waals surface area contributed by atoms with E-state index in [-0.39, 0.29) is 16.5 Å². The van der Waals surface area contributed by atoms with Gasteiger partial charge in [0.1, 0.15) is 16.3 Å². The molecule has 0 saturated carbocycles. The van der Waals surface area contributed by atoms with Crippen LogP contribution in [0.1, 0.15) is 19.4 Å². The van der Waals surface area contributed by atoms with E-state index in [9.17, 15) is 22.4 Å². The highest BCUT2D eigenvalue weighted by Crippen LogP contribution is 2.33. The van der Waals surface area contributed by atoms with Crippen molar-refractivity contribution in [2.45, 2.75) is 31.9 Å². The Kier molecular flexibility index (Phi) is 8.03. The molecule has 1 atom stereocenters. The van der Waals surface area contributed by atoms with Crippen LogP contribution in [-0.2, 0) is 10.2 Å². The standard InChI is InChI=1S/C23H22ClFN4O5S/c1-4-28(16(3)34-22-7-5-6-8-23(22)35(25,32)33)17-9-11-20(15(2)13-17)26-27-21-12-10-18(29(30)31)14-19(21)24/h5-14,16H,4H2,1-3H3. The van der Waals surface area contributed by atoms with Crippen molar-refractivity contribution in [2.24, 2.45) is 10.2 Å². The molecule has 0 N–H and O–H groups in total. The number of nitro groups is 1. The first-order valence-corrected chi connectivity index (χ1v) is 12.2. The molecule has 0 aliphatic rings. The Labute approximate surface area is 207 Å². The lowest BCUT2D eigenvalue weighted by atomic mass is 10.1. The molecule has 0 heterocycles. The Morgan fingerprint density at radius 3 is 2.37 bits per heavy atom. The number of para-hydroxylation sites is 1. The van der Waals surface area contributed by atoms with E-state index in [0.29, 0.717) is 17.9 Å². The topological polar surface area (TPSA) is 114 Å². The van der Waals surface area contributed by atoms with Crippen LogP contribution in [0.4, 0.5) is 26.6 Å². The zero-order valence-corrected chi connectivity index (χ0v) is 20.6. The van der Waals surface area contributed by atoms with Crippen molar-refractivity contribution in [3.63, 3.8) is 0 Å². The summed E-state index contributed by atoms with van der Waals surface area (Å²) < 4.78 is 42.3. The first kappa shape index (κ1) is 26.0. The van der Waals surface area contributed by atoms with E-state index in [0.717, 1.165) is 17.3 Å². The average molecular weight is 521 g/mol. The van der Waals surface area contributed by atoms with Gasteiger partial charge < -0.3 is 9.64 Å². The molecular weight excluding hydrogens is 499 g/mol. The van der Waals surface area contributed by atoms with Gasteiger partial charge in [0, 0.05) is 24.4 Å². The van der Waals surface area contributed by atoms with Crippen LogP contribution in [0.5, 0.6) is 5.75 Å². The number of non-ortho nitro benzene ring substituents is 1. The number of hydrogen-bond acceptors (Lipinski definition) is 8. The van der Waals surface area contributed by atoms with Crippen molar-refractivity contribution < 1.29 is 22.0 Å². The van der Waals surface area contributed by atoms with Crippen LogP contribution < -0.4 is 9.64 Å². The van der Waals surface area contributed by atoms with Crippen LogP contribution in [0.15, 0.2) is 75.8 Å². The number of halogens is 2. The second kappa shape index (κ2) is 10.8. The molecule has 0 fully saturated rings. The maximum Gasteiger partial charge on any atom is 0.335 e. The van der Waals surface area contributed by atoms with E-state index in [1.807, 2.05) is 24.8 Å². The molecular formula is C23H22ClFN4O5S. The summed E-state index contributed by atoms with van der Waals surface area (Å²) in [5.41, 5.74) is 2.25. The molecule has 9 nitrogen and oxygen atoms in total. The summed E-state index contributed by atoms with van der Waals surface area (Å²) in [7, 11) is -4.94. The maximum absolute atomic E-state index is 13.6. The molecule has 0 aliphatic heterocycles. The van der Waals surface area contributed by atoms with Gasteiger partial charge >= 0.3 is 10.2 Å². The van der Waals surface area contributed by atoms with E-state index in [1.54, 1.807) is 25.1 Å². The summed E-state index contributed by atoms with van der Waals surface area (Å²) in [6.07, 6.45) is -0.617. The predicted molar refractivity (Wildman–Crippen MR) is 131 cm³/mol. The summed E-state index contributed by atoms with van der Waals surface area (Å²) >= 11 is 6.07. The molecule has 0 bridgehead atoms. The van der Waals surface area contributed by atoms with E-state index in [2.05, 4.69) is 10.2 Å². The van der Waals surface area contributed by atoms with Gasteiger partial charge in [0.2, 0.25) is 0 Å². The third-order valence-electron chi connectivity index (χ3n) is 5.11. The van der Waals surface area contributed by atoms with Crippen molar-refractivity contribution in [2.75, 3.05) is 11.4 Å². The molecule has 3 aromatic rings. The van der Waals surface area contributed by atoms with Crippen molar-refractivity contribution in [3.8, 4) is 5.75 Å². The van der Waals surface area contributed by atoms with Crippen LogP contribution in [0.3, 0.4) is 0 Å². The van der Waals surface area contributed by atoms with Gasteiger partial charge in [-0.25, -0.2) is 0 Å². The summed E-state index contributed by atoms with van der Waals surface area (Å²) in [5.74, 6) is -0.0805. The Morgan fingerprint density at radius 2 is 1.77 bits per heavy atom. The minimum Gasteiger partial charge on any atom is -0.469 e. The lowest BCUT2D eigenvalue weighted by Gasteiger charge is -2.31. The van der Waals surface area contributed by atoms with Gasteiger partial charge in [-0.1, -0.05) is 23.7 Å². The molecule has 35 heavy (non-hydrogen) atoms. The number of aryl methyl sites for hydroxylation is 1. The minimum atomic E-state index is -4.94. The largest absolute Gasteiger partial charge is 0.469 e. The van der Waals surface area contributed by atoms with Gasteiger partial charge in [0.25, 0.3) is 5.69 Å². The normalized spacial score (nSPS) is 12.5. The third-order valence-corrected chi connectivity index (χ3v) is 6.27. The number of azo groups is 1. The van der Waals surface area contributed by atoms with Crippen molar-refractivity contribution in [3.05, 3.63) is 81.4 Å². The lowest BCUT2D eigenvalue weighted by Crippen LogP contribution is -2.37. The molecule has 1 unspecified atom stereocenters.